The molecule has 1 aromatic rings. The van der Waals surface area contributed by atoms with E-state index >= 15 is 0 Å². The Morgan fingerprint density at radius 1 is 1.29 bits per heavy atom. The minimum atomic E-state index is -0.104. The van der Waals surface area contributed by atoms with E-state index in [-0.39, 0.29) is 12.1 Å². The molecule has 116 valence electrons. The SMILES string of the molecule is CNC(CO)(CN1CCN(c2ccccn2)CC1)C1CC1. The van der Waals surface area contributed by atoms with E-state index in [0.717, 1.165) is 38.5 Å². The molecule has 5 heteroatoms. The zero-order chi connectivity index (χ0) is 14.7. The Hall–Kier alpha value is -1.17. The van der Waals surface area contributed by atoms with Gasteiger partial charge in [-0.1, -0.05) is 6.07 Å². The molecule has 2 heterocycles. The summed E-state index contributed by atoms with van der Waals surface area (Å²) in [5, 5.41) is 13.2. The molecule has 0 aromatic carbocycles. The monoisotopic (exact) mass is 290 g/mol. The number of hydrogen-bond acceptors (Lipinski definition) is 5. The highest BCUT2D eigenvalue weighted by molar-refractivity contribution is 5.38. The summed E-state index contributed by atoms with van der Waals surface area (Å²) in [6.45, 7) is 5.26. The van der Waals surface area contributed by atoms with Gasteiger partial charge in [0.15, 0.2) is 0 Å². The Morgan fingerprint density at radius 3 is 2.57 bits per heavy atom. The van der Waals surface area contributed by atoms with Gasteiger partial charge in [0.2, 0.25) is 0 Å². The molecular formula is C16H26N4O. The molecule has 0 bridgehead atoms. The van der Waals surface area contributed by atoms with Gasteiger partial charge in [-0.25, -0.2) is 4.98 Å². The number of pyridine rings is 1. The molecule has 21 heavy (non-hydrogen) atoms. The number of likely N-dealkylation sites (N-methyl/N-ethyl adjacent to an activating group) is 1. The summed E-state index contributed by atoms with van der Waals surface area (Å²) in [4.78, 5) is 9.25. The van der Waals surface area contributed by atoms with Gasteiger partial charge < -0.3 is 15.3 Å². The van der Waals surface area contributed by atoms with Crippen LogP contribution in [0, 0.1) is 5.92 Å². The Balaban J connectivity index is 1.56. The molecule has 1 unspecified atom stereocenters. The predicted molar refractivity (Wildman–Crippen MR) is 84.5 cm³/mol. The smallest absolute Gasteiger partial charge is 0.128 e. The third-order valence-corrected chi connectivity index (χ3v) is 4.99. The van der Waals surface area contributed by atoms with E-state index in [0.29, 0.717) is 5.92 Å². The van der Waals surface area contributed by atoms with E-state index in [1.807, 2.05) is 25.4 Å². The van der Waals surface area contributed by atoms with Gasteiger partial charge >= 0.3 is 0 Å². The fourth-order valence-corrected chi connectivity index (χ4v) is 3.38. The number of aromatic nitrogens is 1. The maximum Gasteiger partial charge on any atom is 0.128 e. The highest BCUT2D eigenvalue weighted by atomic mass is 16.3. The topological polar surface area (TPSA) is 51.6 Å². The zero-order valence-electron chi connectivity index (χ0n) is 12.8. The number of nitrogens with zero attached hydrogens (tertiary/aromatic N) is 3. The van der Waals surface area contributed by atoms with Crippen LogP contribution in [0.1, 0.15) is 12.8 Å². The molecule has 1 saturated carbocycles. The second kappa shape index (κ2) is 6.30. The van der Waals surface area contributed by atoms with Crippen molar-refractivity contribution < 1.29 is 5.11 Å². The summed E-state index contributed by atoms with van der Waals surface area (Å²) >= 11 is 0. The molecule has 0 amide bonds. The third-order valence-electron chi connectivity index (χ3n) is 4.99. The largest absolute Gasteiger partial charge is 0.394 e. The van der Waals surface area contributed by atoms with E-state index in [9.17, 15) is 5.11 Å². The number of aliphatic hydroxyl groups is 1. The molecule has 0 radical (unpaired) electrons. The van der Waals surface area contributed by atoms with Crippen molar-refractivity contribution in [3.63, 3.8) is 0 Å². The van der Waals surface area contributed by atoms with Crippen LogP contribution >= 0.6 is 0 Å². The highest BCUT2D eigenvalue weighted by Gasteiger charge is 2.44. The Labute approximate surface area is 127 Å². The molecule has 1 atom stereocenters. The van der Waals surface area contributed by atoms with Crippen LogP contribution in [0.15, 0.2) is 24.4 Å². The first kappa shape index (κ1) is 14.8. The third kappa shape index (κ3) is 3.20. The van der Waals surface area contributed by atoms with Gasteiger partial charge in [-0.05, 0) is 37.9 Å². The molecule has 0 spiro atoms. The van der Waals surface area contributed by atoms with Crippen LogP contribution in [0.4, 0.5) is 5.82 Å². The first-order chi connectivity index (χ1) is 10.3. The maximum atomic E-state index is 9.84. The number of aliphatic hydroxyl groups excluding tert-OH is 1. The molecule has 5 nitrogen and oxygen atoms in total. The summed E-state index contributed by atoms with van der Waals surface area (Å²) in [7, 11) is 1.98. The average molecular weight is 290 g/mol. The molecule has 2 N–H and O–H groups in total. The standard InChI is InChI=1S/C16H26N4O/c1-17-16(13-21,14-5-6-14)12-19-8-10-20(11-9-19)15-4-2-3-7-18-15/h2-4,7,14,17,21H,5-6,8-13H2,1H3. The lowest BCUT2D eigenvalue weighted by Gasteiger charge is -2.41. The van der Waals surface area contributed by atoms with Gasteiger partial charge in [0.1, 0.15) is 5.82 Å². The molecular weight excluding hydrogens is 264 g/mol. The van der Waals surface area contributed by atoms with E-state index in [2.05, 4.69) is 26.2 Å². The second-order valence-corrected chi connectivity index (χ2v) is 6.29. The van der Waals surface area contributed by atoms with Gasteiger partial charge in [0.05, 0.1) is 12.1 Å². The maximum absolute atomic E-state index is 9.84. The quantitative estimate of drug-likeness (QED) is 0.802. The van der Waals surface area contributed by atoms with E-state index in [1.165, 1.54) is 12.8 Å². The van der Waals surface area contributed by atoms with Crippen LogP contribution < -0.4 is 10.2 Å². The van der Waals surface area contributed by atoms with Crippen molar-refractivity contribution in [2.24, 2.45) is 5.92 Å². The van der Waals surface area contributed by atoms with Crippen molar-refractivity contribution in [2.45, 2.75) is 18.4 Å². The predicted octanol–water partition coefficient (Wildman–Crippen LogP) is 0.564. The fraction of sp³-hybridized carbons (Fsp3) is 0.688. The van der Waals surface area contributed by atoms with Crippen LogP contribution in [0.3, 0.4) is 0 Å². The Bertz CT molecular complexity index is 437. The lowest BCUT2D eigenvalue weighted by atomic mass is 9.93. The zero-order valence-corrected chi connectivity index (χ0v) is 12.8. The number of piperazine rings is 1. The van der Waals surface area contributed by atoms with Crippen molar-refractivity contribution in [1.82, 2.24) is 15.2 Å². The summed E-state index contributed by atoms with van der Waals surface area (Å²) < 4.78 is 0. The van der Waals surface area contributed by atoms with Gasteiger partial charge in [0.25, 0.3) is 0 Å². The normalized spacial score (nSPS) is 23.0. The van der Waals surface area contributed by atoms with E-state index < -0.39 is 0 Å². The molecule has 2 aliphatic rings. The minimum Gasteiger partial charge on any atom is -0.394 e. The molecule has 3 rings (SSSR count). The molecule has 2 fully saturated rings. The fourth-order valence-electron chi connectivity index (χ4n) is 3.38. The highest BCUT2D eigenvalue weighted by Crippen LogP contribution is 2.40. The molecule has 1 aliphatic heterocycles. The summed E-state index contributed by atoms with van der Waals surface area (Å²) in [5.74, 6) is 1.71. The summed E-state index contributed by atoms with van der Waals surface area (Å²) in [6.07, 6.45) is 4.34. The average Bonchev–Trinajstić information content (AvgIpc) is 3.39. The van der Waals surface area contributed by atoms with Crippen molar-refractivity contribution in [3.05, 3.63) is 24.4 Å². The number of nitrogens with one attached hydrogen (secondary N) is 1. The summed E-state index contributed by atoms with van der Waals surface area (Å²) in [6, 6.07) is 6.07. The van der Waals surface area contributed by atoms with Crippen LogP contribution in [0.25, 0.3) is 0 Å². The summed E-state index contributed by atoms with van der Waals surface area (Å²) in [5.41, 5.74) is -0.104. The van der Waals surface area contributed by atoms with Crippen molar-refractivity contribution in [1.29, 1.82) is 0 Å². The first-order valence-electron chi connectivity index (χ1n) is 7.95. The van der Waals surface area contributed by atoms with Crippen molar-refractivity contribution >= 4 is 5.82 Å². The van der Waals surface area contributed by atoms with Gasteiger partial charge in [0, 0.05) is 38.9 Å². The number of anilines is 1. The van der Waals surface area contributed by atoms with Gasteiger partial charge in [-0.3, -0.25) is 4.90 Å². The first-order valence-corrected chi connectivity index (χ1v) is 7.95. The van der Waals surface area contributed by atoms with Gasteiger partial charge in [-0.15, -0.1) is 0 Å². The van der Waals surface area contributed by atoms with Crippen molar-refractivity contribution in [2.75, 3.05) is 51.3 Å². The van der Waals surface area contributed by atoms with E-state index in [4.69, 9.17) is 0 Å². The molecule has 1 aliphatic carbocycles. The molecule has 1 aromatic heterocycles. The van der Waals surface area contributed by atoms with Gasteiger partial charge in [-0.2, -0.15) is 0 Å². The van der Waals surface area contributed by atoms with Crippen LogP contribution in [-0.2, 0) is 0 Å². The van der Waals surface area contributed by atoms with Crippen molar-refractivity contribution in [3.8, 4) is 0 Å². The molecule has 1 saturated heterocycles. The lowest BCUT2D eigenvalue weighted by Crippen LogP contribution is -2.59. The lowest BCUT2D eigenvalue weighted by molar-refractivity contribution is 0.0937. The van der Waals surface area contributed by atoms with Crippen LogP contribution in [0.5, 0.6) is 0 Å². The number of hydrogen-bond donors (Lipinski definition) is 2. The number of rotatable bonds is 6. The van der Waals surface area contributed by atoms with Crippen LogP contribution in [0.2, 0.25) is 0 Å². The van der Waals surface area contributed by atoms with E-state index in [1.54, 1.807) is 0 Å². The Kier molecular flexibility index (Phi) is 4.42. The van der Waals surface area contributed by atoms with Crippen LogP contribution in [-0.4, -0.2) is 66.9 Å². The Morgan fingerprint density at radius 2 is 2.05 bits per heavy atom. The minimum absolute atomic E-state index is 0.104. The second-order valence-electron chi connectivity index (χ2n) is 6.29.